The number of ether oxygens (including phenoxy) is 1. The highest BCUT2D eigenvalue weighted by molar-refractivity contribution is 6.30. The second-order valence-corrected chi connectivity index (χ2v) is 7.22. The third-order valence-corrected chi connectivity index (χ3v) is 5.12. The van der Waals surface area contributed by atoms with Gasteiger partial charge < -0.3 is 15.2 Å². The molecule has 2 aliphatic rings. The van der Waals surface area contributed by atoms with E-state index in [1.54, 1.807) is 12.3 Å². The molecule has 1 fully saturated rings. The molecule has 5 nitrogen and oxygen atoms in total. The molecule has 4 rings (SSSR count). The number of benzene rings is 1. The van der Waals surface area contributed by atoms with Gasteiger partial charge >= 0.3 is 0 Å². The molecule has 3 heterocycles. The van der Waals surface area contributed by atoms with E-state index in [1.807, 2.05) is 12.1 Å². The van der Waals surface area contributed by atoms with Gasteiger partial charge in [0, 0.05) is 37.0 Å². The molecule has 0 saturated carbocycles. The van der Waals surface area contributed by atoms with Gasteiger partial charge in [-0.15, -0.1) is 24.8 Å². The van der Waals surface area contributed by atoms with Crippen LogP contribution in [0.5, 0.6) is 11.5 Å². The zero-order valence-electron chi connectivity index (χ0n) is 14.9. The third-order valence-electron chi connectivity index (χ3n) is 4.90. The average molecular weight is 433 g/mol. The molecule has 2 aromatic rings. The molecular formula is C19H24Cl3N3O2. The van der Waals surface area contributed by atoms with Gasteiger partial charge in [0.2, 0.25) is 0 Å². The van der Waals surface area contributed by atoms with Crippen molar-refractivity contribution in [2.75, 3.05) is 32.8 Å². The molecule has 8 heteroatoms. The lowest BCUT2D eigenvalue weighted by Crippen LogP contribution is -2.32. The predicted molar refractivity (Wildman–Crippen MR) is 113 cm³/mol. The van der Waals surface area contributed by atoms with Crippen molar-refractivity contribution in [2.45, 2.75) is 13.0 Å². The van der Waals surface area contributed by atoms with E-state index in [1.165, 1.54) is 6.42 Å². The monoisotopic (exact) mass is 431 g/mol. The van der Waals surface area contributed by atoms with Gasteiger partial charge in [0.25, 0.3) is 0 Å². The molecule has 1 aromatic heterocycles. The number of phenols is 1. The molecule has 0 bridgehead atoms. The number of halogens is 3. The first-order valence-corrected chi connectivity index (χ1v) is 9.10. The summed E-state index contributed by atoms with van der Waals surface area (Å²) in [5, 5.41) is 14.5. The van der Waals surface area contributed by atoms with Gasteiger partial charge in [-0.05, 0) is 49.7 Å². The van der Waals surface area contributed by atoms with E-state index in [0.717, 1.165) is 49.5 Å². The minimum Gasteiger partial charge on any atom is -0.504 e. The summed E-state index contributed by atoms with van der Waals surface area (Å²) in [6, 6.07) is 7.45. The van der Waals surface area contributed by atoms with E-state index in [2.05, 4.69) is 21.3 Å². The Morgan fingerprint density at radius 3 is 2.85 bits per heavy atom. The summed E-state index contributed by atoms with van der Waals surface area (Å²) in [5.41, 5.74) is 2.68. The molecule has 0 spiro atoms. The Bertz CT molecular complexity index is 753. The highest BCUT2D eigenvalue weighted by Crippen LogP contribution is 2.37. The van der Waals surface area contributed by atoms with Gasteiger partial charge in [0.15, 0.2) is 11.5 Å². The van der Waals surface area contributed by atoms with Crippen molar-refractivity contribution in [3.63, 3.8) is 0 Å². The van der Waals surface area contributed by atoms with Crippen molar-refractivity contribution in [1.29, 1.82) is 0 Å². The van der Waals surface area contributed by atoms with Crippen LogP contribution in [-0.4, -0.2) is 47.8 Å². The summed E-state index contributed by atoms with van der Waals surface area (Å²) >= 11 is 5.92. The second kappa shape index (κ2) is 9.80. The van der Waals surface area contributed by atoms with E-state index in [4.69, 9.17) is 16.3 Å². The first-order valence-electron chi connectivity index (χ1n) is 8.73. The van der Waals surface area contributed by atoms with Crippen molar-refractivity contribution < 1.29 is 9.84 Å². The number of hydrogen-bond donors (Lipinski definition) is 2. The molecule has 1 aromatic carbocycles. The Labute approximate surface area is 176 Å². The number of rotatable bonds is 3. The predicted octanol–water partition coefficient (Wildman–Crippen LogP) is 3.76. The zero-order chi connectivity index (χ0) is 17.2. The van der Waals surface area contributed by atoms with E-state index in [-0.39, 0.29) is 30.6 Å². The number of nitrogens with zero attached hydrogens (tertiary/aromatic N) is 2. The Balaban J connectivity index is 0.00000131. The number of nitrogens with one attached hydrogen (secondary N) is 1. The first-order chi connectivity index (χ1) is 12.2. The Morgan fingerprint density at radius 2 is 2.15 bits per heavy atom. The highest BCUT2D eigenvalue weighted by Gasteiger charge is 2.23. The normalized spacial score (nSPS) is 19.2. The highest BCUT2D eigenvalue weighted by atomic mass is 35.5. The number of phenolic OH excluding ortho intramolecular Hbond substituents is 1. The quantitative estimate of drug-likeness (QED) is 0.773. The summed E-state index contributed by atoms with van der Waals surface area (Å²) in [7, 11) is 0. The topological polar surface area (TPSA) is 57.6 Å². The Morgan fingerprint density at radius 1 is 1.30 bits per heavy atom. The second-order valence-electron chi connectivity index (χ2n) is 6.79. The molecule has 0 aliphatic carbocycles. The van der Waals surface area contributed by atoms with Gasteiger partial charge in [-0.1, -0.05) is 11.6 Å². The van der Waals surface area contributed by atoms with E-state index < -0.39 is 0 Å². The molecule has 0 radical (unpaired) electrons. The van der Waals surface area contributed by atoms with Crippen LogP contribution in [0.3, 0.4) is 0 Å². The summed E-state index contributed by atoms with van der Waals surface area (Å²) in [5.74, 6) is 1.47. The number of aromatic hydroxyl groups is 1. The summed E-state index contributed by atoms with van der Waals surface area (Å²) in [6.07, 6.45) is 2.85. The fourth-order valence-electron chi connectivity index (χ4n) is 3.64. The van der Waals surface area contributed by atoms with Gasteiger partial charge in [-0.3, -0.25) is 9.88 Å². The lowest BCUT2D eigenvalue weighted by Gasteiger charge is -2.22. The van der Waals surface area contributed by atoms with Gasteiger partial charge in [0.05, 0.1) is 10.7 Å². The molecule has 1 atom stereocenters. The number of fused-ring (bicyclic) bond motifs is 1. The maximum atomic E-state index is 10.4. The van der Waals surface area contributed by atoms with Gasteiger partial charge in [0.1, 0.15) is 6.61 Å². The number of pyridine rings is 1. The third kappa shape index (κ3) is 5.18. The van der Waals surface area contributed by atoms with Crippen LogP contribution < -0.4 is 10.1 Å². The average Bonchev–Trinajstić information content (AvgIpc) is 3.01. The summed E-state index contributed by atoms with van der Waals surface area (Å²) in [6.45, 7) is 5.50. The fraction of sp³-hybridized carbons (Fsp3) is 0.421. The molecule has 0 amide bonds. The Kier molecular flexibility index (Phi) is 8.01. The Hall–Kier alpha value is -1.24. The van der Waals surface area contributed by atoms with Crippen molar-refractivity contribution in [3.05, 3.63) is 41.0 Å². The number of hydrogen-bond acceptors (Lipinski definition) is 5. The van der Waals surface area contributed by atoms with Crippen LogP contribution in [0.25, 0.3) is 11.3 Å². The fourth-order valence-corrected chi connectivity index (χ4v) is 3.75. The molecule has 1 unspecified atom stereocenters. The van der Waals surface area contributed by atoms with Crippen LogP contribution in [-0.2, 0) is 6.54 Å². The molecular weight excluding hydrogens is 409 g/mol. The molecule has 27 heavy (non-hydrogen) atoms. The van der Waals surface area contributed by atoms with Crippen molar-refractivity contribution >= 4 is 36.4 Å². The molecule has 2 N–H and O–H groups in total. The zero-order valence-corrected chi connectivity index (χ0v) is 17.2. The van der Waals surface area contributed by atoms with E-state index in [9.17, 15) is 5.11 Å². The maximum Gasteiger partial charge on any atom is 0.165 e. The standard InChI is InChI=1S/C19H22ClN3O2.2ClH/c20-16-1-2-17(22-10-16)14-7-15-12-23(11-13-3-4-21-9-13)5-6-25-19(15)18(24)8-14;;/h1-2,7-8,10,13,21,24H,3-6,9,11-12H2;2*1H. The lowest BCUT2D eigenvalue weighted by molar-refractivity contribution is 0.201. The van der Waals surface area contributed by atoms with Crippen LogP contribution >= 0.6 is 36.4 Å². The van der Waals surface area contributed by atoms with Crippen LogP contribution in [0, 0.1) is 5.92 Å². The smallest absolute Gasteiger partial charge is 0.165 e. The molecule has 1 saturated heterocycles. The van der Waals surface area contributed by atoms with Crippen LogP contribution in [0.2, 0.25) is 5.02 Å². The SMILES string of the molecule is Cl.Cl.Oc1cc(-c2ccc(Cl)cn2)cc2c1OCCN(CC1CCNC1)C2. The minimum absolute atomic E-state index is 0. The minimum atomic E-state index is 0. The van der Waals surface area contributed by atoms with Crippen LogP contribution in [0.1, 0.15) is 12.0 Å². The van der Waals surface area contributed by atoms with Gasteiger partial charge in [-0.25, -0.2) is 0 Å². The molecule has 2 aliphatic heterocycles. The van der Waals surface area contributed by atoms with Crippen molar-refractivity contribution in [3.8, 4) is 22.8 Å². The van der Waals surface area contributed by atoms with Crippen LogP contribution in [0.4, 0.5) is 0 Å². The summed E-state index contributed by atoms with van der Waals surface area (Å²) < 4.78 is 5.84. The number of aromatic nitrogens is 1. The lowest BCUT2D eigenvalue weighted by atomic mass is 10.0. The van der Waals surface area contributed by atoms with Crippen molar-refractivity contribution in [2.24, 2.45) is 5.92 Å². The maximum absolute atomic E-state index is 10.4. The van der Waals surface area contributed by atoms with E-state index in [0.29, 0.717) is 23.3 Å². The van der Waals surface area contributed by atoms with Crippen LogP contribution in [0.15, 0.2) is 30.5 Å². The van der Waals surface area contributed by atoms with Crippen molar-refractivity contribution in [1.82, 2.24) is 15.2 Å². The largest absolute Gasteiger partial charge is 0.504 e. The molecule has 148 valence electrons. The summed E-state index contributed by atoms with van der Waals surface area (Å²) in [4.78, 5) is 6.78. The first kappa shape index (κ1) is 22.1. The van der Waals surface area contributed by atoms with Gasteiger partial charge in [-0.2, -0.15) is 0 Å². The van der Waals surface area contributed by atoms with E-state index >= 15 is 0 Å².